The number of hydrogen-bond donors (Lipinski definition) is 0. The van der Waals surface area contributed by atoms with Crippen LogP contribution in [-0.2, 0) is 4.79 Å². The third-order valence-electron chi connectivity index (χ3n) is 6.74. The molecule has 0 N–H and O–H groups in total. The Labute approximate surface area is 129 Å². The highest BCUT2D eigenvalue weighted by atomic mass is 16.1. The largest absolute Gasteiger partial charge is 0.295 e. The van der Waals surface area contributed by atoms with Crippen LogP contribution in [0.3, 0.4) is 0 Å². The van der Waals surface area contributed by atoms with Crippen LogP contribution in [0.4, 0.5) is 0 Å². The van der Waals surface area contributed by atoms with Crippen molar-refractivity contribution < 1.29 is 4.79 Å². The minimum absolute atomic E-state index is 0.320. The number of rotatable bonds is 2. The molecule has 0 aliphatic heterocycles. The van der Waals surface area contributed by atoms with E-state index in [0.29, 0.717) is 23.0 Å². The zero-order chi connectivity index (χ0) is 15.4. The first-order valence-corrected chi connectivity index (χ1v) is 8.74. The summed E-state index contributed by atoms with van der Waals surface area (Å²) in [5, 5.41) is 0. The molecule has 3 aliphatic rings. The van der Waals surface area contributed by atoms with Gasteiger partial charge >= 0.3 is 0 Å². The van der Waals surface area contributed by atoms with Gasteiger partial charge in [0.2, 0.25) is 0 Å². The second-order valence-corrected chi connectivity index (χ2v) is 8.32. The summed E-state index contributed by atoms with van der Waals surface area (Å²) in [6.45, 7) is 11.3. The lowest BCUT2D eigenvalue weighted by Gasteiger charge is -2.39. The van der Waals surface area contributed by atoms with Crippen molar-refractivity contribution in [3.05, 3.63) is 22.8 Å². The van der Waals surface area contributed by atoms with E-state index in [0.717, 1.165) is 24.7 Å². The van der Waals surface area contributed by atoms with E-state index in [9.17, 15) is 4.79 Å². The predicted octanol–water partition coefficient (Wildman–Crippen LogP) is 5.32. The van der Waals surface area contributed by atoms with Crippen LogP contribution < -0.4 is 0 Å². The topological polar surface area (TPSA) is 17.1 Å². The Hall–Kier alpha value is -0.850. The molecule has 1 nitrogen and oxygen atoms in total. The SMILES string of the molecule is CC(=O)C1=C2CC(C)=C[C@@H]3[C@@H](C(C)C)CC[C@@]3(C)[C@@H]2CC1. The van der Waals surface area contributed by atoms with Gasteiger partial charge < -0.3 is 0 Å². The van der Waals surface area contributed by atoms with Crippen LogP contribution in [-0.4, -0.2) is 5.78 Å². The lowest BCUT2D eigenvalue weighted by molar-refractivity contribution is -0.113. The maximum Gasteiger partial charge on any atom is 0.155 e. The second-order valence-electron chi connectivity index (χ2n) is 8.32. The number of fused-ring (bicyclic) bond motifs is 3. The summed E-state index contributed by atoms with van der Waals surface area (Å²) in [5.74, 6) is 3.27. The summed E-state index contributed by atoms with van der Waals surface area (Å²) in [6, 6.07) is 0. The van der Waals surface area contributed by atoms with E-state index >= 15 is 0 Å². The summed E-state index contributed by atoms with van der Waals surface area (Å²) < 4.78 is 0. The number of carbonyl (C=O) groups is 1. The molecule has 0 spiro atoms. The van der Waals surface area contributed by atoms with E-state index in [1.54, 1.807) is 6.92 Å². The summed E-state index contributed by atoms with van der Waals surface area (Å²) in [7, 11) is 0. The molecule has 116 valence electrons. The van der Waals surface area contributed by atoms with Crippen molar-refractivity contribution in [2.24, 2.45) is 29.1 Å². The summed E-state index contributed by atoms with van der Waals surface area (Å²) in [4.78, 5) is 12.0. The molecule has 0 aromatic carbocycles. The lowest BCUT2D eigenvalue weighted by atomic mass is 9.65. The number of ketones is 1. The summed E-state index contributed by atoms with van der Waals surface area (Å²) in [6.07, 6.45) is 8.57. The van der Waals surface area contributed by atoms with Crippen molar-refractivity contribution in [2.45, 2.75) is 66.7 Å². The predicted molar refractivity (Wildman–Crippen MR) is 88.0 cm³/mol. The average molecular weight is 286 g/mol. The van der Waals surface area contributed by atoms with Gasteiger partial charge in [-0.3, -0.25) is 4.79 Å². The Morgan fingerprint density at radius 3 is 2.67 bits per heavy atom. The van der Waals surface area contributed by atoms with Crippen LogP contribution in [0, 0.1) is 29.1 Å². The first-order chi connectivity index (χ1) is 9.84. The van der Waals surface area contributed by atoms with E-state index in [2.05, 4.69) is 33.8 Å². The fourth-order valence-electron chi connectivity index (χ4n) is 5.64. The summed E-state index contributed by atoms with van der Waals surface area (Å²) >= 11 is 0. The van der Waals surface area contributed by atoms with Crippen LogP contribution in [0.5, 0.6) is 0 Å². The number of hydrogen-bond acceptors (Lipinski definition) is 1. The van der Waals surface area contributed by atoms with Gasteiger partial charge in [-0.15, -0.1) is 0 Å². The molecule has 0 unspecified atom stereocenters. The van der Waals surface area contributed by atoms with Crippen LogP contribution in [0.1, 0.15) is 66.7 Å². The fraction of sp³-hybridized carbons (Fsp3) is 0.750. The Bertz CT molecular complexity index is 522. The molecule has 0 heterocycles. The minimum atomic E-state index is 0.320. The molecule has 1 saturated carbocycles. The lowest BCUT2D eigenvalue weighted by Crippen LogP contribution is -2.32. The van der Waals surface area contributed by atoms with Gasteiger partial charge in [-0.25, -0.2) is 0 Å². The molecule has 1 fully saturated rings. The van der Waals surface area contributed by atoms with Crippen molar-refractivity contribution in [1.29, 1.82) is 0 Å². The number of Topliss-reactive ketones (excluding diaryl/α,β-unsaturated/α-hetero) is 1. The van der Waals surface area contributed by atoms with Crippen LogP contribution >= 0.6 is 0 Å². The van der Waals surface area contributed by atoms with Crippen molar-refractivity contribution in [1.82, 2.24) is 0 Å². The highest BCUT2D eigenvalue weighted by Crippen LogP contribution is 2.61. The molecule has 1 heteroatoms. The van der Waals surface area contributed by atoms with Gasteiger partial charge in [-0.05, 0) is 80.6 Å². The first kappa shape index (κ1) is 15.1. The Balaban J connectivity index is 2.07. The molecular weight excluding hydrogens is 256 g/mol. The van der Waals surface area contributed by atoms with E-state index in [-0.39, 0.29) is 0 Å². The maximum absolute atomic E-state index is 12.0. The van der Waals surface area contributed by atoms with Crippen LogP contribution in [0.25, 0.3) is 0 Å². The van der Waals surface area contributed by atoms with Gasteiger partial charge in [0, 0.05) is 0 Å². The van der Waals surface area contributed by atoms with Gasteiger partial charge in [0.05, 0.1) is 0 Å². The zero-order valence-corrected chi connectivity index (χ0v) is 14.3. The quantitative estimate of drug-likeness (QED) is 0.628. The third-order valence-corrected chi connectivity index (χ3v) is 6.74. The molecule has 0 bridgehead atoms. The Morgan fingerprint density at radius 2 is 2.05 bits per heavy atom. The van der Waals surface area contributed by atoms with Gasteiger partial charge in [-0.1, -0.05) is 38.0 Å². The summed E-state index contributed by atoms with van der Waals surface area (Å²) in [5.41, 5.74) is 4.56. The normalized spacial score (nSPS) is 39.1. The standard InChI is InChI=1S/C20H30O/c1-12(2)15-8-9-20(5)18-7-6-16(14(4)21)17(18)10-13(3)11-19(15)20/h11-12,15,18-19H,6-10H2,1-5H3/t15-,18-,19-,20+/m1/s1. The molecule has 3 aliphatic carbocycles. The Kier molecular flexibility index (Phi) is 3.66. The maximum atomic E-state index is 12.0. The average Bonchev–Trinajstić information content (AvgIpc) is 2.91. The van der Waals surface area contributed by atoms with E-state index in [4.69, 9.17) is 0 Å². The van der Waals surface area contributed by atoms with Gasteiger partial charge in [-0.2, -0.15) is 0 Å². The van der Waals surface area contributed by atoms with Crippen molar-refractivity contribution in [2.75, 3.05) is 0 Å². The van der Waals surface area contributed by atoms with Crippen LogP contribution in [0.2, 0.25) is 0 Å². The van der Waals surface area contributed by atoms with Crippen molar-refractivity contribution >= 4 is 5.78 Å². The van der Waals surface area contributed by atoms with E-state index in [1.165, 1.54) is 36.0 Å². The van der Waals surface area contributed by atoms with Crippen molar-refractivity contribution in [3.8, 4) is 0 Å². The number of carbonyl (C=O) groups excluding carboxylic acids is 1. The molecule has 3 rings (SSSR count). The van der Waals surface area contributed by atoms with Gasteiger partial charge in [0.25, 0.3) is 0 Å². The second kappa shape index (κ2) is 5.11. The van der Waals surface area contributed by atoms with Crippen LogP contribution in [0.15, 0.2) is 22.8 Å². The number of allylic oxidation sites excluding steroid dienone is 4. The van der Waals surface area contributed by atoms with E-state index < -0.39 is 0 Å². The van der Waals surface area contributed by atoms with E-state index in [1.807, 2.05) is 0 Å². The van der Waals surface area contributed by atoms with Gasteiger partial charge in [0.1, 0.15) is 0 Å². The molecular formula is C20H30O. The minimum Gasteiger partial charge on any atom is -0.295 e. The highest BCUT2D eigenvalue weighted by molar-refractivity contribution is 5.94. The molecule has 0 radical (unpaired) electrons. The van der Waals surface area contributed by atoms with Crippen molar-refractivity contribution in [3.63, 3.8) is 0 Å². The molecule has 4 atom stereocenters. The third kappa shape index (κ3) is 2.24. The highest BCUT2D eigenvalue weighted by Gasteiger charge is 2.52. The van der Waals surface area contributed by atoms with Gasteiger partial charge in [0.15, 0.2) is 5.78 Å². The Morgan fingerprint density at radius 1 is 1.33 bits per heavy atom. The monoisotopic (exact) mass is 286 g/mol. The molecule has 21 heavy (non-hydrogen) atoms. The smallest absolute Gasteiger partial charge is 0.155 e. The zero-order valence-electron chi connectivity index (χ0n) is 14.3. The first-order valence-electron chi connectivity index (χ1n) is 8.74. The fourth-order valence-corrected chi connectivity index (χ4v) is 5.64. The molecule has 0 aromatic heterocycles. The molecule has 0 aromatic rings. The molecule has 0 amide bonds. The molecule has 0 saturated heterocycles.